The molecule has 0 aromatic heterocycles. The molecule has 0 radical (unpaired) electrons. The van der Waals surface area contributed by atoms with Crippen LogP contribution in [0.2, 0.25) is 0 Å². The second-order valence-corrected chi connectivity index (χ2v) is 8.20. The van der Waals surface area contributed by atoms with Crippen LogP contribution in [0.25, 0.3) is 32.7 Å². The van der Waals surface area contributed by atoms with Gasteiger partial charge in [-0.1, -0.05) is 24.3 Å². The van der Waals surface area contributed by atoms with Crippen molar-refractivity contribution in [3.63, 3.8) is 0 Å². The van der Waals surface area contributed by atoms with Crippen molar-refractivity contribution in [2.75, 3.05) is 19.5 Å². The zero-order valence-electron chi connectivity index (χ0n) is 18.5. The Morgan fingerprint density at radius 1 is 1.00 bits per heavy atom. The SMILES string of the molecule is COC(=O)c1ccc2cc(-c3cc4c5c(cccc5c3)C(O)N(C)C4=O)c(NC(N)=O)cc2c1. The molecule has 3 amide bonds. The van der Waals surface area contributed by atoms with E-state index in [0.717, 1.165) is 10.8 Å². The fourth-order valence-corrected chi connectivity index (χ4v) is 4.52. The van der Waals surface area contributed by atoms with Gasteiger partial charge in [-0.2, -0.15) is 0 Å². The zero-order chi connectivity index (χ0) is 24.1. The Morgan fingerprint density at radius 2 is 1.79 bits per heavy atom. The number of carbonyl (C=O) groups excluding carboxylic acids is 3. The monoisotopic (exact) mass is 455 g/mol. The maximum absolute atomic E-state index is 13.0. The van der Waals surface area contributed by atoms with Gasteiger partial charge in [0.25, 0.3) is 5.91 Å². The first kappa shape index (κ1) is 21.4. The van der Waals surface area contributed by atoms with E-state index in [9.17, 15) is 19.5 Å². The number of aliphatic hydroxyl groups is 1. The number of rotatable bonds is 3. The molecule has 4 aromatic carbocycles. The summed E-state index contributed by atoms with van der Waals surface area (Å²) in [6.45, 7) is 0. The van der Waals surface area contributed by atoms with Gasteiger partial charge in [0, 0.05) is 29.1 Å². The standard InChI is InChI=1S/C26H21N3O5/c1-29-23(30)18-5-3-4-14-8-17(11-20(22(14)18)24(29)31)19-10-13-6-7-15(25(32)34-2)9-16(13)12-21(19)28-26(27)33/h3-12,23,30H,1-2H3,(H3,27,28,33). The summed E-state index contributed by atoms with van der Waals surface area (Å²) in [5.41, 5.74) is 8.71. The van der Waals surface area contributed by atoms with E-state index in [4.69, 9.17) is 10.5 Å². The van der Waals surface area contributed by atoms with Crippen LogP contribution in [0.3, 0.4) is 0 Å². The number of aliphatic hydroxyl groups excluding tert-OH is 1. The number of nitrogens with two attached hydrogens (primary N) is 1. The molecule has 8 nitrogen and oxygen atoms in total. The topological polar surface area (TPSA) is 122 Å². The number of amides is 3. The van der Waals surface area contributed by atoms with Crippen molar-refractivity contribution in [3.05, 3.63) is 77.4 Å². The first-order valence-electron chi connectivity index (χ1n) is 10.5. The van der Waals surface area contributed by atoms with Crippen molar-refractivity contribution in [1.82, 2.24) is 4.90 Å². The fraction of sp³-hybridized carbons (Fsp3) is 0.115. The number of anilines is 1. The Hall–Kier alpha value is -4.43. The molecular weight excluding hydrogens is 434 g/mol. The lowest BCUT2D eigenvalue weighted by Crippen LogP contribution is -2.34. The Kier molecular flexibility index (Phi) is 4.95. The van der Waals surface area contributed by atoms with E-state index in [0.29, 0.717) is 44.3 Å². The van der Waals surface area contributed by atoms with Gasteiger partial charge in [0.15, 0.2) is 6.23 Å². The van der Waals surface area contributed by atoms with Crippen molar-refractivity contribution in [2.24, 2.45) is 5.73 Å². The average Bonchev–Trinajstić information content (AvgIpc) is 2.83. The number of urea groups is 1. The minimum Gasteiger partial charge on any atom is -0.465 e. The molecule has 34 heavy (non-hydrogen) atoms. The summed E-state index contributed by atoms with van der Waals surface area (Å²) in [6.07, 6.45) is -1.02. The molecule has 1 aliphatic heterocycles. The third-order valence-corrected chi connectivity index (χ3v) is 6.17. The average molecular weight is 455 g/mol. The molecule has 1 unspecified atom stereocenters. The summed E-state index contributed by atoms with van der Waals surface area (Å²) in [7, 11) is 2.86. The van der Waals surface area contributed by atoms with Gasteiger partial charge < -0.3 is 25.8 Å². The lowest BCUT2D eigenvalue weighted by molar-refractivity contribution is 0.0174. The van der Waals surface area contributed by atoms with Crippen LogP contribution < -0.4 is 11.1 Å². The summed E-state index contributed by atoms with van der Waals surface area (Å²) < 4.78 is 4.80. The van der Waals surface area contributed by atoms with Gasteiger partial charge in [0.2, 0.25) is 0 Å². The molecule has 170 valence electrons. The van der Waals surface area contributed by atoms with E-state index in [1.54, 1.807) is 43.4 Å². The Bertz CT molecular complexity index is 1530. The smallest absolute Gasteiger partial charge is 0.337 e. The largest absolute Gasteiger partial charge is 0.465 e. The van der Waals surface area contributed by atoms with Crippen LogP contribution in [0, 0.1) is 0 Å². The summed E-state index contributed by atoms with van der Waals surface area (Å²) in [4.78, 5) is 38.1. The van der Waals surface area contributed by atoms with Crippen LogP contribution in [0.15, 0.2) is 60.7 Å². The van der Waals surface area contributed by atoms with E-state index in [2.05, 4.69) is 5.32 Å². The predicted octanol–water partition coefficient (Wildman–Crippen LogP) is 4.01. The lowest BCUT2D eigenvalue weighted by Gasteiger charge is -2.31. The minimum atomic E-state index is -1.02. The maximum Gasteiger partial charge on any atom is 0.337 e. The van der Waals surface area contributed by atoms with Gasteiger partial charge in [-0.3, -0.25) is 4.79 Å². The van der Waals surface area contributed by atoms with Gasteiger partial charge in [-0.25, -0.2) is 9.59 Å². The van der Waals surface area contributed by atoms with Gasteiger partial charge in [-0.05, 0) is 58.1 Å². The second-order valence-electron chi connectivity index (χ2n) is 8.20. The molecule has 0 spiro atoms. The second kappa shape index (κ2) is 7.86. The van der Waals surface area contributed by atoms with Crippen LogP contribution in [-0.2, 0) is 4.74 Å². The molecule has 5 rings (SSSR count). The molecule has 0 saturated heterocycles. The zero-order valence-corrected chi connectivity index (χ0v) is 18.5. The Balaban J connectivity index is 1.77. The van der Waals surface area contributed by atoms with E-state index >= 15 is 0 Å². The van der Waals surface area contributed by atoms with Crippen molar-refractivity contribution >= 4 is 45.1 Å². The van der Waals surface area contributed by atoms with E-state index < -0.39 is 18.2 Å². The number of nitrogens with one attached hydrogen (secondary N) is 1. The fourth-order valence-electron chi connectivity index (χ4n) is 4.52. The van der Waals surface area contributed by atoms with E-state index in [1.165, 1.54) is 12.0 Å². The number of hydrogen-bond donors (Lipinski definition) is 3. The molecule has 1 atom stereocenters. The van der Waals surface area contributed by atoms with Gasteiger partial charge in [0.1, 0.15) is 0 Å². The molecule has 1 heterocycles. The van der Waals surface area contributed by atoms with Crippen LogP contribution in [0.1, 0.15) is 32.5 Å². The number of nitrogens with zero attached hydrogens (tertiary/aromatic N) is 1. The summed E-state index contributed by atoms with van der Waals surface area (Å²) in [5, 5.41) is 16.2. The molecule has 4 aromatic rings. The van der Waals surface area contributed by atoms with Crippen molar-refractivity contribution in [1.29, 1.82) is 0 Å². The highest BCUT2D eigenvalue weighted by Gasteiger charge is 2.30. The van der Waals surface area contributed by atoms with E-state index in [1.807, 2.05) is 24.3 Å². The summed E-state index contributed by atoms with van der Waals surface area (Å²) in [5.74, 6) is -0.768. The quantitative estimate of drug-likeness (QED) is 0.403. The van der Waals surface area contributed by atoms with Crippen LogP contribution in [0.5, 0.6) is 0 Å². The molecule has 4 N–H and O–H groups in total. The Morgan fingerprint density at radius 3 is 2.53 bits per heavy atom. The lowest BCUT2D eigenvalue weighted by atomic mass is 9.89. The highest BCUT2D eigenvalue weighted by Crippen LogP contribution is 2.40. The highest BCUT2D eigenvalue weighted by molar-refractivity contribution is 6.13. The summed E-state index contributed by atoms with van der Waals surface area (Å²) in [6, 6.07) is 17.1. The van der Waals surface area contributed by atoms with Crippen LogP contribution >= 0.6 is 0 Å². The third kappa shape index (κ3) is 3.32. The number of fused-ring (bicyclic) bond motifs is 1. The molecule has 1 aliphatic rings. The van der Waals surface area contributed by atoms with Crippen molar-refractivity contribution in [2.45, 2.75) is 6.23 Å². The number of methoxy groups -OCH3 is 1. The normalized spacial score (nSPS) is 15.0. The summed E-state index contributed by atoms with van der Waals surface area (Å²) >= 11 is 0. The number of benzene rings is 4. The molecule has 8 heteroatoms. The Labute approximate surface area is 194 Å². The third-order valence-electron chi connectivity index (χ3n) is 6.17. The number of hydrogen-bond acceptors (Lipinski definition) is 5. The van der Waals surface area contributed by atoms with Gasteiger partial charge in [-0.15, -0.1) is 0 Å². The number of primary amides is 1. The van der Waals surface area contributed by atoms with E-state index in [-0.39, 0.29) is 5.91 Å². The number of carbonyl (C=O) groups is 3. The van der Waals surface area contributed by atoms with Gasteiger partial charge >= 0.3 is 12.0 Å². The molecule has 0 saturated carbocycles. The first-order valence-corrected chi connectivity index (χ1v) is 10.5. The maximum atomic E-state index is 13.0. The highest BCUT2D eigenvalue weighted by atomic mass is 16.5. The number of esters is 1. The molecular formula is C26H21N3O5. The van der Waals surface area contributed by atoms with Crippen molar-refractivity contribution in [3.8, 4) is 11.1 Å². The van der Waals surface area contributed by atoms with Gasteiger partial charge in [0.05, 0.1) is 18.4 Å². The minimum absolute atomic E-state index is 0.300. The molecule has 0 fully saturated rings. The first-order chi connectivity index (χ1) is 16.3. The number of ether oxygens (including phenoxy) is 1. The molecule has 0 bridgehead atoms. The van der Waals surface area contributed by atoms with Crippen LogP contribution in [-0.4, -0.2) is 42.1 Å². The predicted molar refractivity (Wildman–Crippen MR) is 128 cm³/mol. The molecule has 0 aliphatic carbocycles. The van der Waals surface area contributed by atoms with Crippen LogP contribution in [0.4, 0.5) is 10.5 Å². The van der Waals surface area contributed by atoms with Crippen molar-refractivity contribution < 1.29 is 24.2 Å².